The summed E-state index contributed by atoms with van der Waals surface area (Å²) in [6, 6.07) is 0.258. The summed E-state index contributed by atoms with van der Waals surface area (Å²) in [5, 5.41) is 8.83. The molecule has 1 aliphatic heterocycles. The van der Waals surface area contributed by atoms with Gasteiger partial charge in [0.15, 0.2) is 12.8 Å². The van der Waals surface area contributed by atoms with Gasteiger partial charge >= 0.3 is 12.1 Å². The van der Waals surface area contributed by atoms with Gasteiger partial charge in [0.2, 0.25) is 0 Å². The van der Waals surface area contributed by atoms with Crippen LogP contribution in [0.3, 0.4) is 0 Å². The van der Waals surface area contributed by atoms with Crippen molar-refractivity contribution in [2.75, 3.05) is 13.3 Å². The number of hydrogen-bond acceptors (Lipinski definition) is 5. The maximum atomic E-state index is 12.8. The van der Waals surface area contributed by atoms with Crippen LogP contribution in [0.15, 0.2) is 18.5 Å². The van der Waals surface area contributed by atoms with Crippen molar-refractivity contribution >= 4 is 12.1 Å². The zero-order valence-corrected chi connectivity index (χ0v) is 9.78. The highest BCUT2D eigenvalue weighted by Crippen LogP contribution is 2.12. The second kappa shape index (κ2) is 5.61. The molecule has 2 heterocycles. The highest BCUT2D eigenvalue weighted by Gasteiger charge is 2.37. The second-order valence-corrected chi connectivity index (χ2v) is 3.89. The van der Waals surface area contributed by atoms with Crippen LogP contribution in [0, 0.1) is 5.82 Å². The topological polar surface area (TPSA) is 89.0 Å². The van der Waals surface area contributed by atoms with Crippen LogP contribution in [0.4, 0.5) is 9.18 Å². The van der Waals surface area contributed by atoms with Crippen LogP contribution in [0.25, 0.3) is 0 Å². The van der Waals surface area contributed by atoms with Crippen LogP contribution in [-0.4, -0.2) is 46.4 Å². The van der Waals surface area contributed by atoms with Crippen LogP contribution in [-0.2, 0) is 20.9 Å². The molecule has 0 saturated carbocycles. The summed E-state index contributed by atoms with van der Waals surface area (Å²) in [6.07, 6.45) is 1.22. The Morgan fingerprint density at radius 3 is 3.11 bits per heavy atom. The molecule has 1 aromatic heterocycles. The predicted molar refractivity (Wildman–Crippen MR) is 58.5 cm³/mol. The zero-order valence-electron chi connectivity index (χ0n) is 9.78. The molecule has 1 amide bonds. The van der Waals surface area contributed by atoms with E-state index >= 15 is 0 Å². The number of ether oxygens (including phenoxy) is 2. The van der Waals surface area contributed by atoms with E-state index in [1.165, 1.54) is 12.3 Å². The number of esters is 1. The lowest BCUT2D eigenvalue weighted by atomic mass is 10.3. The zero-order chi connectivity index (χ0) is 13.8. The van der Waals surface area contributed by atoms with Gasteiger partial charge in [0, 0.05) is 6.20 Å². The van der Waals surface area contributed by atoms with E-state index in [1.54, 1.807) is 0 Å². The number of aromatic nitrogens is 1. The molecule has 8 heteroatoms. The highest BCUT2D eigenvalue weighted by molar-refractivity contribution is 5.83. The molecule has 0 aromatic carbocycles. The molecule has 0 spiro atoms. The Labute approximate surface area is 107 Å². The molecule has 7 nitrogen and oxygen atoms in total. The van der Waals surface area contributed by atoms with Gasteiger partial charge in [-0.3, -0.25) is 9.88 Å². The summed E-state index contributed by atoms with van der Waals surface area (Å²) in [5.41, 5.74) is 0.494. The molecule has 1 saturated heterocycles. The van der Waals surface area contributed by atoms with Crippen molar-refractivity contribution in [1.82, 2.24) is 9.88 Å². The van der Waals surface area contributed by atoms with Gasteiger partial charge in [-0.2, -0.15) is 0 Å². The molecule has 2 rings (SSSR count). The number of carbonyl (C=O) groups excluding carboxylic acids is 1. The number of amides is 1. The van der Waals surface area contributed by atoms with E-state index in [0.29, 0.717) is 5.56 Å². The molecule has 0 unspecified atom stereocenters. The Balaban J connectivity index is 1.88. The lowest BCUT2D eigenvalue weighted by Crippen LogP contribution is -2.40. The minimum Gasteiger partial charge on any atom is -0.465 e. The van der Waals surface area contributed by atoms with Gasteiger partial charge in [-0.25, -0.2) is 14.0 Å². The molecule has 0 radical (unpaired) electrons. The third-order valence-electron chi connectivity index (χ3n) is 2.55. The molecule has 102 valence electrons. The van der Waals surface area contributed by atoms with E-state index in [0.717, 1.165) is 11.1 Å². The molecule has 1 N–H and O–H groups in total. The van der Waals surface area contributed by atoms with Crippen molar-refractivity contribution in [2.24, 2.45) is 0 Å². The third kappa shape index (κ3) is 3.16. The normalized spacial score (nSPS) is 18.5. The first-order valence-electron chi connectivity index (χ1n) is 5.41. The van der Waals surface area contributed by atoms with Crippen LogP contribution < -0.4 is 0 Å². The largest absolute Gasteiger partial charge is 0.465 e. The van der Waals surface area contributed by atoms with Crippen molar-refractivity contribution in [1.29, 1.82) is 0 Å². The van der Waals surface area contributed by atoms with Crippen LogP contribution >= 0.6 is 0 Å². The Morgan fingerprint density at radius 1 is 1.63 bits per heavy atom. The molecular weight excluding hydrogens is 259 g/mol. The van der Waals surface area contributed by atoms with Crippen LogP contribution in [0.1, 0.15) is 5.56 Å². The van der Waals surface area contributed by atoms with Crippen molar-refractivity contribution in [3.05, 3.63) is 29.8 Å². The van der Waals surface area contributed by atoms with E-state index in [2.05, 4.69) is 9.72 Å². The molecule has 1 aliphatic rings. The van der Waals surface area contributed by atoms with Crippen molar-refractivity contribution in [3.63, 3.8) is 0 Å². The van der Waals surface area contributed by atoms with Gasteiger partial charge in [0.05, 0.1) is 19.4 Å². The first-order valence-corrected chi connectivity index (χ1v) is 5.41. The van der Waals surface area contributed by atoms with Crippen molar-refractivity contribution < 1.29 is 28.6 Å². The smallest absolute Gasteiger partial charge is 0.410 e. The number of cyclic esters (lactones) is 1. The van der Waals surface area contributed by atoms with E-state index in [4.69, 9.17) is 9.84 Å². The SMILES string of the molecule is O=C1OCN(C(=O)O)[C@H]1COCc1cncc(F)c1. The molecular formula is C11H11FN2O5. The summed E-state index contributed by atoms with van der Waals surface area (Å²) in [5.74, 6) is -1.15. The molecule has 0 aliphatic carbocycles. The average Bonchev–Trinajstić information content (AvgIpc) is 2.71. The minimum atomic E-state index is -1.26. The van der Waals surface area contributed by atoms with E-state index in [-0.39, 0.29) is 19.9 Å². The Hall–Kier alpha value is -2.22. The standard InChI is InChI=1S/C11H11FN2O5/c12-8-1-7(2-13-3-8)4-18-5-9-10(15)19-6-14(9)11(16)17/h1-3,9H,4-6H2,(H,16,17)/t9-/m0/s1. The Morgan fingerprint density at radius 2 is 2.42 bits per heavy atom. The Kier molecular flexibility index (Phi) is 3.91. The first-order chi connectivity index (χ1) is 9.08. The van der Waals surface area contributed by atoms with Gasteiger partial charge in [-0.1, -0.05) is 0 Å². The van der Waals surface area contributed by atoms with Crippen molar-refractivity contribution in [3.8, 4) is 0 Å². The number of nitrogens with zero attached hydrogens (tertiary/aromatic N) is 2. The fraction of sp³-hybridized carbons (Fsp3) is 0.364. The average molecular weight is 270 g/mol. The number of hydrogen-bond donors (Lipinski definition) is 1. The number of carbonyl (C=O) groups is 2. The fourth-order valence-electron chi connectivity index (χ4n) is 1.62. The lowest BCUT2D eigenvalue weighted by Gasteiger charge is -2.16. The van der Waals surface area contributed by atoms with Gasteiger partial charge in [-0.05, 0) is 11.6 Å². The highest BCUT2D eigenvalue weighted by atomic mass is 19.1. The van der Waals surface area contributed by atoms with Gasteiger partial charge in [0.25, 0.3) is 0 Å². The van der Waals surface area contributed by atoms with Gasteiger partial charge in [-0.15, -0.1) is 0 Å². The summed E-state index contributed by atoms with van der Waals surface area (Å²) in [4.78, 5) is 26.6. The summed E-state index contributed by atoms with van der Waals surface area (Å²) in [7, 11) is 0. The number of pyridine rings is 1. The molecule has 1 aromatic rings. The predicted octanol–water partition coefficient (Wildman–Crippen LogP) is 0.600. The maximum absolute atomic E-state index is 12.8. The summed E-state index contributed by atoms with van der Waals surface area (Å²) < 4.78 is 22.7. The monoisotopic (exact) mass is 270 g/mol. The van der Waals surface area contributed by atoms with Crippen LogP contribution in [0.2, 0.25) is 0 Å². The number of rotatable bonds is 4. The first kappa shape index (κ1) is 13.2. The van der Waals surface area contributed by atoms with E-state index in [1.807, 2.05) is 0 Å². The van der Waals surface area contributed by atoms with E-state index in [9.17, 15) is 14.0 Å². The third-order valence-corrected chi connectivity index (χ3v) is 2.55. The minimum absolute atomic E-state index is 0.0298. The van der Waals surface area contributed by atoms with Gasteiger partial charge < -0.3 is 14.6 Å². The molecule has 1 fully saturated rings. The lowest BCUT2D eigenvalue weighted by molar-refractivity contribution is -0.140. The fourth-order valence-corrected chi connectivity index (χ4v) is 1.62. The number of carboxylic acid groups (broad SMARTS) is 1. The maximum Gasteiger partial charge on any atom is 0.410 e. The second-order valence-electron chi connectivity index (χ2n) is 3.89. The van der Waals surface area contributed by atoms with Gasteiger partial charge in [0.1, 0.15) is 5.82 Å². The quantitative estimate of drug-likeness (QED) is 0.806. The summed E-state index contributed by atoms with van der Waals surface area (Å²) >= 11 is 0. The van der Waals surface area contributed by atoms with Crippen molar-refractivity contribution in [2.45, 2.75) is 12.6 Å². The number of halogens is 1. The Bertz CT molecular complexity index is 496. The summed E-state index contributed by atoms with van der Waals surface area (Å²) in [6.45, 7) is -0.423. The molecule has 19 heavy (non-hydrogen) atoms. The molecule has 1 atom stereocenters. The molecule has 0 bridgehead atoms. The van der Waals surface area contributed by atoms with Crippen LogP contribution in [0.5, 0.6) is 0 Å². The van der Waals surface area contributed by atoms with E-state index < -0.39 is 23.9 Å².